The van der Waals surface area contributed by atoms with Crippen molar-refractivity contribution in [1.82, 2.24) is 10.9 Å². The van der Waals surface area contributed by atoms with Gasteiger partial charge < -0.3 is 19.9 Å². The summed E-state index contributed by atoms with van der Waals surface area (Å²) in [5, 5.41) is 10.0. The van der Waals surface area contributed by atoms with Crippen LogP contribution in [0.25, 0.3) is 0 Å². The molecule has 7 nitrogen and oxygen atoms in total. The Labute approximate surface area is 207 Å². The molecule has 0 amide bonds. The minimum Gasteiger partial charge on any atom is -0.496 e. The van der Waals surface area contributed by atoms with Gasteiger partial charge in [-0.05, 0) is 35.4 Å². The number of allylic oxidation sites excluding steroid dienone is 1. The molecule has 0 spiro atoms. The minimum absolute atomic E-state index is 0.0312. The number of nitrogens with one attached hydrogen (secondary N) is 2. The number of rotatable bonds is 6. The van der Waals surface area contributed by atoms with E-state index in [-0.39, 0.29) is 30.2 Å². The maximum atomic E-state index is 14.1. The van der Waals surface area contributed by atoms with Crippen LogP contribution in [0.3, 0.4) is 0 Å². The number of benzene rings is 3. The summed E-state index contributed by atoms with van der Waals surface area (Å²) in [6, 6.07) is 20.6. The van der Waals surface area contributed by atoms with E-state index in [0.717, 1.165) is 23.3 Å². The van der Waals surface area contributed by atoms with E-state index in [4.69, 9.17) is 19.9 Å². The summed E-state index contributed by atoms with van der Waals surface area (Å²) in [4.78, 5) is 0. The monoisotopic (exact) mass is 490 g/mol. The fourth-order valence-electron chi connectivity index (χ4n) is 4.89. The molecule has 2 aliphatic heterocycles. The molecule has 0 bridgehead atoms. The predicted molar refractivity (Wildman–Crippen MR) is 127 cm³/mol. The highest BCUT2D eigenvalue weighted by Crippen LogP contribution is 2.47. The standard InChI is InChI=1S/C27H24F2N4O3/c1-34-21-9-7-16(11-17(21)14-35-22-10-8-18(28)12-20(22)29)23-19(13-30)26(31)36-27-24(23)25(32-33-27)15-5-3-2-4-6-15/h2-12,23-25,27,32-33H,14,31H2,1H3. The first kappa shape index (κ1) is 23.6. The van der Waals surface area contributed by atoms with E-state index in [1.165, 1.54) is 13.2 Å². The first-order valence-electron chi connectivity index (χ1n) is 11.4. The first-order chi connectivity index (χ1) is 17.5. The molecule has 0 radical (unpaired) electrons. The third kappa shape index (κ3) is 4.33. The molecule has 1 fully saturated rings. The van der Waals surface area contributed by atoms with Gasteiger partial charge in [-0.2, -0.15) is 5.26 Å². The molecule has 1 saturated heterocycles. The van der Waals surface area contributed by atoms with Crippen molar-refractivity contribution in [3.63, 3.8) is 0 Å². The number of hydrogen-bond acceptors (Lipinski definition) is 7. The Morgan fingerprint density at radius 3 is 2.50 bits per heavy atom. The van der Waals surface area contributed by atoms with Gasteiger partial charge in [0, 0.05) is 23.5 Å². The van der Waals surface area contributed by atoms with Crippen molar-refractivity contribution in [3.05, 3.63) is 107 Å². The third-order valence-electron chi connectivity index (χ3n) is 6.55. The van der Waals surface area contributed by atoms with Gasteiger partial charge in [-0.1, -0.05) is 36.4 Å². The second-order valence-corrected chi connectivity index (χ2v) is 8.59. The van der Waals surface area contributed by atoms with Crippen LogP contribution < -0.4 is 26.1 Å². The smallest absolute Gasteiger partial charge is 0.200 e. The van der Waals surface area contributed by atoms with Crippen LogP contribution in [0.2, 0.25) is 0 Å². The molecule has 0 saturated carbocycles. The summed E-state index contributed by atoms with van der Waals surface area (Å²) in [6.45, 7) is -0.0312. The van der Waals surface area contributed by atoms with Crippen molar-refractivity contribution in [2.75, 3.05) is 7.11 Å². The Morgan fingerprint density at radius 1 is 1.00 bits per heavy atom. The summed E-state index contributed by atoms with van der Waals surface area (Å²) in [6.07, 6.45) is -0.465. The van der Waals surface area contributed by atoms with Crippen LogP contribution in [0.4, 0.5) is 8.78 Å². The van der Waals surface area contributed by atoms with E-state index in [0.29, 0.717) is 16.9 Å². The lowest BCUT2D eigenvalue weighted by Crippen LogP contribution is -2.41. The van der Waals surface area contributed by atoms with Crippen molar-refractivity contribution in [1.29, 1.82) is 5.26 Å². The summed E-state index contributed by atoms with van der Waals surface area (Å²) in [5.74, 6) is -1.58. The number of halogens is 2. The molecule has 2 aliphatic rings. The quantitative estimate of drug-likeness (QED) is 0.477. The summed E-state index contributed by atoms with van der Waals surface area (Å²) in [5.41, 5.74) is 15.4. The molecule has 2 heterocycles. The van der Waals surface area contributed by atoms with Crippen LogP contribution in [0.5, 0.6) is 11.5 Å². The van der Waals surface area contributed by atoms with Crippen molar-refractivity contribution < 1.29 is 23.0 Å². The lowest BCUT2D eigenvalue weighted by molar-refractivity contribution is 0.0340. The molecule has 5 rings (SSSR count). The van der Waals surface area contributed by atoms with Gasteiger partial charge in [-0.25, -0.2) is 19.6 Å². The number of nitrogens with two attached hydrogens (primary N) is 1. The maximum absolute atomic E-state index is 14.1. The molecule has 0 aliphatic carbocycles. The molecular formula is C27H24F2N4O3. The Balaban J connectivity index is 1.53. The molecule has 0 aromatic heterocycles. The van der Waals surface area contributed by atoms with Gasteiger partial charge >= 0.3 is 0 Å². The average molecular weight is 491 g/mol. The number of hydrogen-bond donors (Lipinski definition) is 3. The van der Waals surface area contributed by atoms with E-state index in [1.807, 2.05) is 42.5 Å². The molecule has 184 valence electrons. The van der Waals surface area contributed by atoms with Crippen molar-refractivity contribution >= 4 is 0 Å². The number of hydrazine groups is 1. The molecule has 4 unspecified atom stereocenters. The average Bonchev–Trinajstić information content (AvgIpc) is 3.31. The second kappa shape index (κ2) is 9.85. The summed E-state index contributed by atoms with van der Waals surface area (Å²) >= 11 is 0. The normalized spacial score (nSPS) is 22.9. The van der Waals surface area contributed by atoms with Gasteiger partial charge in [-0.15, -0.1) is 0 Å². The summed E-state index contributed by atoms with van der Waals surface area (Å²) < 4.78 is 44.4. The number of methoxy groups -OCH3 is 1. The molecule has 9 heteroatoms. The number of nitriles is 1. The Bertz CT molecular complexity index is 1340. The molecule has 3 aromatic carbocycles. The zero-order chi connectivity index (χ0) is 25.2. The fraction of sp³-hybridized carbons (Fsp3) is 0.222. The Hall–Kier alpha value is -4.13. The van der Waals surface area contributed by atoms with Gasteiger partial charge in [0.2, 0.25) is 5.88 Å². The topological polar surface area (TPSA) is 102 Å². The molecule has 3 aromatic rings. The fourth-order valence-corrected chi connectivity index (χ4v) is 4.89. The predicted octanol–water partition coefficient (Wildman–Crippen LogP) is 4.15. The SMILES string of the molecule is COc1ccc(C2C(C#N)=C(N)OC3NNC(c4ccccc4)C32)cc1COc1ccc(F)cc1F. The number of fused-ring (bicyclic) bond motifs is 1. The Kier molecular flexibility index (Phi) is 6.46. The lowest BCUT2D eigenvalue weighted by atomic mass is 9.74. The lowest BCUT2D eigenvalue weighted by Gasteiger charge is -2.36. The highest BCUT2D eigenvalue weighted by molar-refractivity contribution is 5.47. The van der Waals surface area contributed by atoms with Crippen LogP contribution in [0, 0.1) is 28.9 Å². The molecular weight excluding hydrogens is 466 g/mol. The highest BCUT2D eigenvalue weighted by Gasteiger charge is 2.49. The van der Waals surface area contributed by atoms with Crippen LogP contribution >= 0.6 is 0 Å². The largest absolute Gasteiger partial charge is 0.496 e. The van der Waals surface area contributed by atoms with Crippen molar-refractivity contribution in [2.45, 2.75) is 24.8 Å². The van der Waals surface area contributed by atoms with Gasteiger partial charge in [0.15, 0.2) is 17.8 Å². The van der Waals surface area contributed by atoms with Gasteiger partial charge in [-0.3, -0.25) is 0 Å². The molecule has 4 N–H and O–H groups in total. The van der Waals surface area contributed by atoms with Crippen LogP contribution in [-0.4, -0.2) is 13.3 Å². The van der Waals surface area contributed by atoms with Gasteiger partial charge in [0.1, 0.15) is 24.2 Å². The van der Waals surface area contributed by atoms with Gasteiger partial charge in [0.05, 0.1) is 18.7 Å². The van der Waals surface area contributed by atoms with Crippen LogP contribution in [-0.2, 0) is 11.3 Å². The minimum atomic E-state index is -0.798. The molecule has 36 heavy (non-hydrogen) atoms. The third-order valence-corrected chi connectivity index (χ3v) is 6.55. The second-order valence-electron chi connectivity index (χ2n) is 8.59. The van der Waals surface area contributed by atoms with E-state index >= 15 is 0 Å². The van der Waals surface area contributed by atoms with E-state index in [2.05, 4.69) is 16.9 Å². The van der Waals surface area contributed by atoms with Crippen LogP contribution in [0.15, 0.2) is 78.2 Å². The molecule has 4 atom stereocenters. The zero-order valence-corrected chi connectivity index (χ0v) is 19.4. The highest BCUT2D eigenvalue weighted by atomic mass is 19.1. The van der Waals surface area contributed by atoms with E-state index < -0.39 is 23.8 Å². The van der Waals surface area contributed by atoms with E-state index in [1.54, 1.807) is 6.07 Å². The van der Waals surface area contributed by atoms with Crippen LogP contribution in [0.1, 0.15) is 28.7 Å². The maximum Gasteiger partial charge on any atom is 0.200 e. The zero-order valence-electron chi connectivity index (χ0n) is 19.4. The Morgan fingerprint density at radius 2 is 1.78 bits per heavy atom. The van der Waals surface area contributed by atoms with Crippen molar-refractivity contribution in [3.8, 4) is 17.6 Å². The number of ether oxygens (including phenoxy) is 3. The van der Waals surface area contributed by atoms with E-state index in [9.17, 15) is 14.0 Å². The number of nitrogens with zero attached hydrogens (tertiary/aromatic N) is 1. The van der Waals surface area contributed by atoms with Gasteiger partial charge in [0.25, 0.3) is 0 Å². The summed E-state index contributed by atoms with van der Waals surface area (Å²) in [7, 11) is 1.52. The first-order valence-corrected chi connectivity index (χ1v) is 11.4. The van der Waals surface area contributed by atoms with Crippen molar-refractivity contribution in [2.24, 2.45) is 11.7 Å².